The van der Waals surface area contributed by atoms with E-state index in [9.17, 15) is 4.39 Å². The van der Waals surface area contributed by atoms with Crippen LogP contribution in [-0.4, -0.2) is 13.1 Å². The van der Waals surface area contributed by atoms with Crippen molar-refractivity contribution in [2.75, 3.05) is 23.7 Å². The highest BCUT2D eigenvalue weighted by atomic mass is 19.1. The van der Waals surface area contributed by atoms with Gasteiger partial charge in [0.05, 0.1) is 5.69 Å². The molecule has 98 valence electrons. The molecule has 3 rings (SSSR count). The molecular weight excluding hydrogens is 227 g/mol. The van der Waals surface area contributed by atoms with Crippen LogP contribution in [0.2, 0.25) is 0 Å². The van der Waals surface area contributed by atoms with Crippen molar-refractivity contribution in [3.8, 4) is 0 Å². The Hall–Kier alpha value is -1.25. The van der Waals surface area contributed by atoms with E-state index in [-0.39, 0.29) is 5.82 Å². The molecule has 2 N–H and O–H groups in total. The molecule has 2 nitrogen and oxygen atoms in total. The molecule has 2 aliphatic rings. The zero-order chi connectivity index (χ0) is 12.6. The molecule has 1 aromatic rings. The first-order chi connectivity index (χ1) is 8.69. The number of nitrogens with zero attached hydrogens (tertiary/aromatic N) is 1. The molecule has 0 amide bonds. The summed E-state index contributed by atoms with van der Waals surface area (Å²) < 4.78 is 13.8. The van der Waals surface area contributed by atoms with Crippen LogP contribution in [0, 0.1) is 11.2 Å². The minimum Gasteiger partial charge on any atom is -0.399 e. The lowest BCUT2D eigenvalue weighted by molar-refractivity contribution is 0.179. The van der Waals surface area contributed by atoms with Crippen molar-refractivity contribution in [2.45, 2.75) is 38.5 Å². The maximum Gasteiger partial charge on any atom is 0.148 e. The molecule has 1 saturated carbocycles. The van der Waals surface area contributed by atoms with Gasteiger partial charge in [-0.1, -0.05) is 25.7 Å². The van der Waals surface area contributed by atoms with Gasteiger partial charge >= 0.3 is 0 Å². The Balaban J connectivity index is 1.70. The van der Waals surface area contributed by atoms with Crippen LogP contribution in [-0.2, 0) is 0 Å². The molecule has 1 aliphatic heterocycles. The standard InChI is InChI=1S/C15H21FN2/c16-13-9-12(17)5-6-14(13)18-10-15(11-18)7-3-1-2-4-8-15/h5-6,9H,1-4,7-8,10-11,17H2. The lowest BCUT2D eigenvalue weighted by atomic mass is 9.73. The van der Waals surface area contributed by atoms with Crippen LogP contribution in [0.3, 0.4) is 0 Å². The van der Waals surface area contributed by atoms with E-state index in [1.54, 1.807) is 6.07 Å². The summed E-state index contributed by atoms with van der Waals surface area (Å²) in [6.45, 7) is 2.04. The molecular formula is C15H21FN2. The first kappa shape index (κ1) is 11.8. The molecule has 0 atom stereocenters. The fourth-order valence-corrected chi connectivity index (χ4v) is 3.51. The SMILES string of the molecule is Nc1ccc(N2CC3(CCCCCC3)C2)c(F)c1. The molecule has 1 spiro atoms. The number of rotatable bonds is 1. The van der Waals surface area contributed by atoms with Crippen LogP contribution >= 0.6 is 0 Å². The van der Waals surface area contributed by atoms with Gasteiger partial charge in [0.15, 0.2) is 0 Å². The Labute approximate surface area is 108 Å². The monoisotopic (exact) mass is 248 g/mol. The molecule has 1 aromatic carbocycles. The first-order valence-corrected chi connectivity index (χ1v) is 6.99. The highest BCUT2D eigenvalue weighted by Crippen LogP contribution is 2.45. The lowest BCUT2D eigenvalue weighted by Crippen LogP contribution is -2.56. The van der Waals surface area contributed by atoms with Crippen molar-refractivity contribution in [1.29, 1.82) is 0 Å². The first-order valence-electron chi connectivity index (χ1n) is 6.99. The van der Waals surface area contributed by atoms with Gasteiger partial charge in [-0.15, -0.1) is 0 Å². The summed E-state index contributed by atoms with van der Waals surface area (Å²) in [4.78, 5) is 2.17. The van der Waals surface area contributed by atoms with Gasteiger partial charge in [-0.25, -0.2) is 4.39 Å². The molecule has 18 heavy (non-hydrogen) atoms. The van der Waals surface area contributed by atoms with E-state index in [1.165, 1.54) is 44.6 Å². The third-order valence-electron chi connectivity index (χ3n) is 4.53. The van der Waals surface area contributed by atoms with Gasteiger partial charge in [0, 0.05) is 24.2 Å². The molecule has 1 saturated heterocycles. The molecule has 0 bridgehead atoms. The van der Waals surface area contributed by atoms with Gasteiger partial charge in [-0.05, 0) is 31.0 Å². The highest BCUT2D eigenvalue weighted by Gasteiger charge is 2.43. The zero-order valence-corrected chi connectivity index (χ0v) is 10.8. The summed E-state index contributed by atoms with van der Waals surface area (Å²) in [6, 6.07) is 5.03. The Bertz CT molecular complexity index is 428. The van der Waals surface area contributed by atoms with E-state index in [1.807, 2.05) is 6.07 Å². The van der Waals surface area contributed by atoms with Crippen LogP contribution in [0.15, 0.2) is 18.2 Å². The second-order valence-electron chi connectivity index (χ2n) is 5.98. The molecule has 1 aliphatic carbocycles. The minimum atomic E-state index is -0.182. The number of anilines is 2. The van der Waals surface area contributed by atoms with Gasteiger partial charge in [0.25, 0.3) is 0 Å². The van der Waals surface area contributed by atoms with Crippen molar-refractivity contribution < 1.29 is 4.39 Å². The predicted octanol–water partition coefficient (Wildman–Crippen LogP) is 3.57. The van der Waals surface area contributed by atoms with E-state index in [0.29, 0.717) is 11.1 Å². The average Bonchev–Trinajstić information content (AvgIpc) is 2.53. The molecule has 0 radical (unpaired) electrons. The molecule has 0 aromatic heterocycles. The molecule has 3 heteroatoms. The van der Waals surface area contributed by atoms with E-state index >= 15 is 0 Å². The minimum absolute atomic E-state index is 0.182. The van der Waals surface area contributed by atoms with Crippen molar-refractivity contribution in [3.05, 3.63) is 24.0 Å². The van der Waals surface area contributed by atoms with Gasteiger partial charge in [-0.2, -0.15) is 0 Å². The summed E-state index contributed by atoms with van der Waals surface area (Å²) in [5.74, 6) is -0.182. The van der Waals surface area contributed by atoms with Crippen LogP contribution in [0.5, 0.6) is 0 Å². The number of benzene rings is 1. The van der Waals surface area contributed by atoms with Gasteiger partial charge in [-0.3, -0.25) is 0 Å². The fourth-order valence-electron chi connectivity index (χ4n) is 3.51. The number of nitrogens with two attached hydrogens (primary N) is 1. The lowest BCUT2D eigenvalue weighted by Gasteiger charge is -2.51. The topological polar surface area (TPSA) is 29.3 Å². The van der Waals surface area contributed by atoms with Crippen LogP contribution < -0.4 is 10.6 Å². The van der Waals surface area contributed by atoms with Crippen molar-refractivity contribution in [1.82, 2.24) is 0 Å². The number of halogens is 1. The van der Waals surface area contributed by atoms with E-state index in [2.05, 4.69) is 4.90 Å². The summed E-state index contributed by atoms with van der Waals surface area (Å²) >= 11 is 0. The molecule has 0 unspecified atom stereocenters. The second-order valence-corrected chi connectivity index (χ2v) is 5.98. The fraction of sp³-hybridized carbons (Fsp3) is 0.600. The number of hydrogen-bond donors (Lipinski definition) is 1. The maximum absolute atomic E-state index is 13.8. The third-order valence-corrected chi connectivity index (χ3v) is 4.53. The third kappa shape index (κ3) is 2.06. The van der Waals surface area contributed by atoms with Gasteiger partial charge in [0.1, 0.15) is 5.82 Å². The normalized spacial score (nSPS) is 22.6. The summed E-state index contributed by atoms with van der Waals surface area (Å²) in [5, 5.41) is 0. The maximum atomic E-state index is 13.8. The predicted molar refractivity (Wildman–Crippen MR) is 73.2 cm³/mol. The highest BCUT2D eigenvalue weighted by molar-refractivity contribution is 5.56. The Kier molecular flexibility index (Phi) is 2.92. The summed E-state index contributed by atoms with van der Waals surface area (Å²) in [7, 11) is 0. The second kappa shape index (κ2) is 4.45. The summed E-state index contributed by atoms with van der Waals surface area (Å²) in [6.07, 6.45) is 8.08. The van der Waals surface area contributed by atoms with Crippen molar-refractivity contribution >= 4 is 11.4 Å². The Morgan fingerprint density at radius 2 is 1.72 bits per heavy atom. The van der Waals surface area contributed by atoms with E-state index in [0.717, 1.165) is 18.8 Å². The zero-order valence-electron chi connectivity index (χ0n) is 10.8. The van der Waals surface area contributed by atoms with Crippen molar-refractivity contribution in [3.63, 3.8) is 0 Å². The smallest absolute Gasteiger partial charge is 0.148 e. The van der Waals surface area contributed by atoms with Crippen molar-refractivity contribution in [2.24, 2.45) is 5.41 Å². The van der Waals surface area contributed by atoms with Crippen LogP contribution in [0.25, 0.3) is 0 Å². The number of hydrogen-bond acceptors (Lipinski definition) is 2. The Morgan fingerprint density at radius 3 is 2.33 bits per heavy atom. The largest absolute Gasteiger partial charge is 0.399 e. The van der Waals surface area contributed by atoms with Crippen LogP contribution in [0.4, 0.5) is 15.8 Å². The summed E-state index contributed by atoms with van der Waals surface area (Å²) in [5.41, 5.74) is 7.28. The number of nitrogen functional groups attached to an aromatic ring is 1. The molecule has 2 fully saturated rings. The van der Waals surface area contributed by atoms with E-state index < -0.39 is 0 Å². The van der Waals surface area contributed by atoms with Gasteiger partial charge in [0.2, 0.25) is 0 Å². The van der Waals surface area contributed by atoms with Crippen LogP contribution in [0.1, 0.15) is 38.5 Å². The molecule has 1 heterocycles. The van der Waals surface area contributed by atoms with Gasteiger partial charge < -0.3 is 10.6 Å². The average molecular weight is 248 g/mol. The Morgan fingerprint density at radius 1 is 1.06 bits per heavy atom. The quantitative estimate of drug-likeness (QED) is 0.770. The van der Waals surface area contributed by atoms with E-state index in [4.69, 9.17) is 5.73 Å².